The van der Waals surface area contributed by atoms with Crippen LogP contribution in [-0.4, -0.2) is 39.3 Å². The molecule has 37 heavy (non-hydrogen) atoms. The Morgan fingerprint density at radius 1 is 1.08 bits per heavy atom. The number of aryl methyl sites for hydroxylation is 1. The van der Waals surface area contributed by atoms with Crippen LogP contribution in [0.25, 0.3) is 10.8 Å². The van der Waals surface area contributed by atoms with Gasteiger partial charge in [-0.15, -0.1) is 0 Å². The van der Waals surface area contributed by atoms with Crippen molar-refractivity contribution in [3.63, 3.8) is 0 Å². The molecule has 0 aliphatic carbocycles. The van der Waals surface area contributed by atoms with Gasteiger partial charge >= 0.3 is 0 Å². The lowest BCUT2D eigenvalue weighted by Gasteiger charge is -2.25. The van der Waals surface area contributed by atoms with Gasteiger partial charge in [0.2, 0.25) is 0 Å². The molecule has 4 aromatic carbocycles. The van der Waals surface area contributed by atoms with Gasteiger partial charge in [-0.25, -0.2) is 13.8 Å². The third kappa shape index (κ3) is 5.68. The van der Waals surface area contributed by atoms with E-state index < -0.39 is 22.5 Å². The summed E-state index contributed by atoms with van der Waals surface area (Å²) in [7, 11) is -2.79. The second-order valence-electron chi connectivity index (χ2n) is 8.15. The van der Waals surface area contributed by atoms with Crippen LogP contribution in [0, 0.1) is 6.92 Å². The Balaban J connectivity index is 1.65. The molecule has 0 aliphatic rings. The maximum atomic E-state index is 13.6. The van der Waals surface area contributed by atoms with Gasteiger partial charge in [-0.05, 0) is 54.1 Å². The van der Waals surface area contributed by atoms with E-state index in [2.05, 4.69) is 10.5 Å². The van der Waals surface area contributed by atoms with Gasteiger partial charge in [-0.2, -0.15) is 5.10 Å². The molecule has 0 unspecified atom stereocenters. The summed E-state index contributed by atoms with van der Waals surface area (Å²) in [6.07, 6.45) is 1.31. The van der Waals surface area contributed by atoms with E-state index in [-0.39, 0.29) is 27.1 Å². The van der Waals surface area contributed by atoms with Gasteiger partial charge in [0, 0.05) is 10.6 Å². The van der Waals surface area contributed by atoms with E-state index in [4.69, 9.17) is 16.3 Å². The first-order chi connectivity index (χ1) is 17.7. The van der Waals surface area contributed by atoms with E-state index >= 15 is 0 Å². The molecule has 0 aromatic heterocycles. The van der Waals surface area contributed by atoms with Crippen molar-refractivity contribution in [3.05, 3.63) is 95.0 Å². The summed E-state index contributed by atoms with van der Waals surface area (Å²) >= 11 is 6.16. The van der Waals surface area contributed by atoms with Crippen molar-refractivity contribution in [2.75, 3.05) is 18.0 Å². The second-order valence-corrected chi connectivity index (χ2v) is 10.5. The summed E-state index contributed by atoms with van der Waals surface area (Å²) < 4.78 is 33.5. The summed E-state index contributed by atoms with van der Waals surface area (Å²) in [6, 6.07) is 21.5. The maximum absolute atomic E-state index is 13.6. The van der Waals surface area contributed by atoms with Crippen LogP contribution < -0.4 is 14.5 Å². The number of nitrogens with one attached hydrogen (secondary N) is 1. The van der Waals surface area contributed by atoms with Crippen LogP contribution in [0.2, 0.25) is 5.02 Å². The average molecular weight is 538 g/mol. The lowest BCUT2D eigenvalue weighted by atomic mass is 10.0. The van der Waals surface area contributed by atoms with Crippen LogP contribution in [0.15, 0.2) is 88.9 Å². The highest BCUT2D eigenvalue weighted by atomic mass is 35.5. The van der Waals surface area contributed by atoms with Crippen molar-refractivity contribution in [2.45, 2.75) is 11.8 Å². The monoisotopic (exact) mass is 537 g/mol. The quantitative estimate of drug-likeness (QED) is 0.246. The number of amides is 1. The van der Waals surface area contributed by atoms with Crippen LogP contribution >= 0.6 is 11.6 Å². The first kappa shape index (κ1) is 26.0. The van der Waals surface area contributed by atoms with E-state index in [1.165, 1.54) is 43.7 Å². The summed E-state index contributed by atoms with van der Waals surface area (Å²) in [5, 5.41) is 16.1. The Bertz CT molecular complexity index is 1590. The smallest absolute Gasteiger partial charge is 0.264 e. The number of methoxy groups -OCH3 is 1. The standard InChI is InChI=1S/C27H24ClN3O5S/c1-18-7-11-21(12-8-18)37(34,35)31(24-15-20(28)10-14-26(24)36-2)17-27(33)30-29-16-23-22-6-4-3-5-19(22)9-13-25(23)32/h3-16,32H,17H2,1-2H3,(H,30,33)/b29-16-. The molecule has 0 atom stereocenters. The molecule has 0 saturated carbocycles. The third-order valence-electron chi connectivity index (χ3n) is 5.64. The second kappa shape index (κ2) is 10.9. The number of carbonyl (C=O) groups is 1. The largest absolute Gasteiger partial charge is 0.507 e. The number of fused-ring (bicyclic) bond motifs is 1. The highest BCUT2D eigenvalue weighted by Gasteiger charge is 2.29. The van der Waals surface area contributed by atoms with E-state index in [9.17, 15) is 18.3 Å². The molecule has 4 aromatic rings. The number of halogens is 1. The molecular formula is C27H24ClN3O5S. The zero-order valence-corrected chi connectivity index (χ0v) is 21.6. The minimum absolute atomic E-state index is 0.00268. The molecular weight excluding hydrogens is 514 g/mol. The number of phenols is 1. The predicted octanol–water partition coefficient (Wildman–Crippen LogP) is 4.86. The number of aromatic hydroxyl groups is 1. The molecule has 0 fully saturated rings. The number of sulfonamides is 1. The number of anilines is 1. The molecule has 0 radical (unpaired) electrons. The number of phenolic OH excluding ortho intramolecular Hbond substituents is 1. The highest BCUT2D eigenvalue weighted by Crippen LogP contribution is 2.35. The number of hydrogen-bond acceptors (Lipinski definition) is 6. The SMILES string of the molecule is COc1ccc(Cl)cc1N(CC(=O)N/N=C\c1c(O)ccc2ccccc12)S(=O)(=O)c1ccc(C)cc1. The van der Waals surface area contributed by atoms with Gasteiger partial charge in [0.25, 0.3) is 15.9 Å². The number of hydrazone groups is 1. The third-order valence-corrected chi connectivity index (χ3v) is 7.65. The Morgan fingerprint density at radius 3 is 2.54 bits per heavy atom. The topological polar surface area (TPSA) is 108 Å². The Hall–Kier alpha value is -4.08. The zero-order chi connectivity index (χ0) is 26.6. The minimum Gasteiger partial charge on any atom is -0.507 e. The molecule has 0 heterocycles. The molecule has 0 aliphatic heterocycles. The van der Waals surface area contributed by atoms with Gasteiger partial charge in [-0.1, -0.05) is 59.6 Å². The van der Waals surface area contributed by atoms with E-state index in [1.807, 2.05) is 31.2 Å². The van der Waals surface area contributed by atoms with E-state index in [0.29, 0.717) is 5.56 Å². The molecule has 8 nitrogen and oxygen atoms in total. The van der Waals surface area contributed by atoms with Crippen molar-refractivity contribution >= 4 is 50.2 Å². The fourth-order valence-electron chi connectivity index (χ4n) is 3.75. The van der Waals surface area contributed by atoms with Crippen molar-refractivity contribution in [2.24, 2.45) is 5.10 Å². The minimum atomic E-state index is -4.19. The van der Waals surface area contributed by atoms with Crippen molar-refractivity contribution in [1.29, 1.82) is 0 Å². The zero-order valence-electron chi connectivity index (χ0n) is 20.1. The lowest BCUT2D eigenvalue weighted by Crippen LogP contribution is -2.39. The van der Waals surface area contributed by atoms with E-state index in [0.717, 1.165) is 20.6 Å². The molecule has 0 spiro atoms. The number of ether oxygens (including phenoxy) is 1. The van der Waals surface area contributed by atoms with Crippen molar-refractivity contribution in [1.82, 2.24) is 5.43 Å². The number of hydrogen-bond donors (Lipinski definition) is 2. The van der Waals surface area contributed by atoms with Crippen LogP contribution in [0.5, 0.6) is 11.5 Å². The Kier molecular flexibility index (Phi) is 7.66. The average Bonchev–Trinajstić information content (AvgIpc) is 2.88. The van der Waals surface area contributed by atoms with Crippen molar-refractivity contribution < 1.29 is 23.1 Å². The van der Waals surface area contributed by atoms with Crippen LogP contribution in [0.3, 0.4) is 0 Å². The van der Waals surface area contributed by atoms with Gasteiger partial charge in [-0.3, -0.25) is 9.10 Å². The maximum Gasteiger partial charge on any atom is 0.264 e. The number of carbonyl (C=O) groups excluding carboxylic acids is 1. The van der Waals surface area contributed by atoms with Crippen molar-refractivity contribution in [3.8, 4) is 11.5 Å². The molecule has 0 bridgehead atoms. The molecule has 2 N–H and O–H groups in total. The number of benzene rings is 4. The summed E-state index contributed by atoms with van der Waals surface area (Å²) in [5.74, 6) is -0.505. The molecule has 190 valence electrons. The summed E-state index contributed by atoms with van der Waals surface area (Å²) in [4.78, 5) is 12.9. The predicted molar refractivity (Wildman–Crippen MR) is 145 cm³/mol. The number of rotatable bonds is 8. The first-order valence-electron chi connectivity index (χ1n) is 11.2. The van der Waals surface area contributed by atoms with Crippen LogP contribution in [0.1, 0.15) is 11.1 Å². The number of nitrogens with zero attached hydrogens (tertiary/aromatic N) is 2. The fraction of sp³-hybridized carbons (Fsp3) is 0.111. The Morgan fingerprint density at radius 2 is 1.81 bits per heavy atom. The molecule has 0 saturated heterocycles. The normalized spacial score (nSPS) is 11.5. The van der Waals surface area contributed by atoms with Crippen LogP contribution in [0.4, 0.5) is 5.69 Å². The molecule has 1 amide bonds. The van der Waals surface area contributed by atoms with E-state index in [1.54, 1.807) is 24.3 Å². The summed E-state index contributed by atoms with van der Waals surface area (Å²) in [5.41, 5.74) is 3.75. The van der Waals surface area contributed by atoms with Gasteiger partial charge in [0.1, 0.15) is 18.0 Å². The first-order valence-corrected chi connectivity index (χ1v) is 13.0. The van der Waals surface area contributed by atoms with Gasteiger partial charge < -0.3 is 9.84 Å². The fourth-order valence-corrected chi connectivity index (χ4v) is 5.34. The summed E-state index contributed by atoms with van der Waals surface area (Å²) in [6.45, 7) is 1.24. The molecule has 10 heteroatoms. The Labute approximate surface area is 219 Å². The van der Waals surface area contributed by atoms with Crippen LogP contribution in [-0.2, 0) is 14.8 Å². The van der Waals surface area contributed by atoms with Gasteiger partial charge in [0.05, 0.1) is 23.9 Å². The van der Waals surface area contributed by atoms with Gasteiger partial charge in [0.15, 0.2) is 0 Å². The lowest BCUT2D eigenvalue weighted by molar-refractivity contribution is -0.119. The highest BCUT2D eigenvalue weighted by molar-refractivity contribution is 7.92. The molecule has 4 rings (SSSR count).